The van der Waals surface area contributed by atoms with E-state index in [1.54, 1.807) is 0 Å². The summed E-state index contributed by atoms with van der Waals surface area (Å²) in [5.41, 5.74) is 2.44. The molecule has 76 valence electrons. The van der Waals surface area contributed by atoms with E-state index in [0.717, 1.165) is 9.62 Å². The van der Waals surface area contributed by atoms with E-state index in [9.17, 15) is 0 Å². The average molecular weight is 302 g/mol. The molecule has 0 amide bonds. The number of nitrogens with zero attached hydrogens (tertiary/aromatic N) is 2. The van der Waals surface area contributed by atoms with Gasteiger partial charge in [0, 0.05) is 34.6 Å². The number of rotatable bonds is 1. The maximum absolute atomic E-state index is 4.22. The van der Waals surface area contributed by atoms with Crippen molar-refractivity contribution < 1.29 is 0 Å². The number of piperidine rings is 1. The highest BCUT2D eigenvalue weighted by Gasteiger charge is 2.16. The normalized spacial score (nSPS) is 18.6. The van der Waals surface area contributed by atoms with Gasteiger partial charge in [0.25, 0.3) is 0 Å². The van der Waals surface area contributed by atoms with E-state index >= 15 is 0 Å². The Labute approximate surface area is 98.9 Å². The van der Waals surface area contributed by atoms with Crippen molar-refractivity contribution in [3.63, 3.8) is 0 Å². The largest absolute Gasteiger partial charge is 0.371 e. The molecule has 0 aliphatic carbocycles. The van der Waals surface area contributed by atoms with Gasteiger partial charge in [-0.15, -0.1) is 0 Å². The molecule has 0 bridgehead atoms. The molecule has 1 aliphatic heterocycles. The van der Waals surface area contributed by atoms with Crippen molar-refractivity contribution >= 4 is 28.3 Å². The van der Waals surface area contributed by atoms with Gasteiger partial charge in [0.15, 0.2) is 0 Å². The van der Waals surface area contributed by atoms with Crippen molar-refractivity contribution in [3.05, 3.63) is 24.0 Å². The van der Waals surface area contributed by atoms with Gasteiger partial charge in [0.1, 0.15) is 0 Å². The van der Waals surface area contributed by atoms with E-state index in [-0.39, 0.29) is 0 Å². The van der Waals surface area contributed by atoms with Crippen molar-refractivity contribution in [2.24, 2.45) is 0 Å². The van der Waals surface area contributed by atoms with Crippen molar-refractivity contribution in [2.75, 3.05) is 18.0 Å². The molecule has 3 heteroatoms. The summed E-state index contributed by atoms with van der Waals surface area (Å²) in [7, 11) is 0. The van der Waals surface area contributed by atoms with Crippen LogP contribution >= 0.6 is 22.6 Å². The van der Waals surface area contributed by atoms with Gasteiger partial charge in [0.05, 0.1) is 0 Å². The lowest BCUT2D eigenvalue weighted by molar-refractivity contribution is 0.604. The van der Waals surface area contributed by atoms with Gasteiger partial charge in [-0.1, -0.05) is 22.6 Å². The minimum Gasteiger partial charge on any atom is -0.371 e. The molecule has 0 N–H and O–H groups in total. The second kappa shape index (κ2) is 4.47. The Balaban J connectivity index is 2.08. The highest BCUT2D eigenvalue weighted by atomic mass is 127. The Morgan fingerprint density at radius 3 is 2.79 bits per heavy atom. The van der Waals surface area contributed by atoms with E-state index < -0.39 is 0 Å². The van der Waals surface area contributed by atoms with Crippen molar-refractivity contribution in [3.8, 4) is 0 Å². The number of anilines is 1. The summed E-state index contributed by atoms with van der Waals surface area (Å²) in [4.78, 5) is 6.68. The molecule has 2 rings (SSSR count). The highest BCUT2D eigenvalue weighted by molar-refractivity contribution is 14.1. The minimum absolute atomic E-state index is 0.867. The predicted octanol–water partition coefficient (Wildman–Crippen LogP) is 2.79. The van der Waals surface area contributed by atoms with E-state index in [1.807, 2.05) is 6.20 Å². The summed E-state index contributed by atoms with van der Waals surface area (Å²) in [6.45, 7) is 4.43. The van der Waals surface area contributed by atoms with E-state index in [4.69, 9.17) is 0 Å². The van der Waals surface area contributed by atoms with Gasteiger partial charge < -0.3 is 4.90 Å². The standard InChI is InChI=1S/C11H15IN2/c1-9-8-11(2-5-13-9)14-6-3-10(12)4-7-14/h2,5,8,10H,3-4,6-7H2,1H3. The molecule has 2 nitrogen and oxygen atoms in total. The number of aromatic nitrogens is 1. The van der Waals surface area contributed by atoms with Crippen LogP contribution < -0.4 is 4.90 Å². The number of hydrogen-bond donors (Lipinski definition) is 0. The second-order valence-corrected chi connectivity index (χ2v) is 5.58. The number of alkyl halides is 1. The van der Waals surface area contributed by atoms with Gasteiger partial charge >= 0.3 is 0 Å². The fourth-order valence-electron chi connectivity index (χ4n) is 1.83. The maximum atomic E-state index is 4.22. The van der Waals surface area contributed by atoms with Crippen LogP contribution in [-0.4, -0.2) is 22.0 Å². The van der Waals surface area contributed by atoms with Crippen LogP contribution in [0.15, 0.2) is 18.3 Å². The first-order valence-corrected chi connectivity index (χ1v) is 6.32. The molecule has 0 unspecified atom stereocenters. The molecule has 1 aromatic heterocycles. The van der Waals surface area contributed by atoms with Crippen LogP contribution in [0, 0.1) is 6.92 Å². The van der Waals surface area contributed by atoms with E-state index in [2.05, 4.69) is 51.5 Å². The van der Waals surface area contributed by atoms with Crippen LogP contribution in [-0.2, 0) is 0 Å². The monoisotopic (exact) mass is 302 g/mol. The van der Waals surface area contributed by atoms with Crippen LogP contribution in [0.3, 0.4) is 0 Å². The molecule has 1 aromatic rings. The lowest BCUT2D eigenvalue weighted by Crippen LogP contribution is -2.33. The topological polar surface area (TPSA) is 16.1 Å². The van der Waals surface area contributed by atoms with Gasteiger partial charge in [-0.05, 0) is 31.9 Å². The van der Waals surface area contributed by atoms with Crippen LogP contribution in [0.2, 0.25) is 0 Å². The second-order valence-electron chi connectivity index (χ2n) is 3.82. The first-order valence-electron chi connectivity index (χ1n) is 5.07. The highest BCUT2D eigenvalue weighted by Crippen LogP contribution is 2.23. The summed E-state index contributed by atoms with van der Waals surface area (Å²) >= 11 is 2.55. The Morgan fingerprint density at radius 2 is 2.14 bits per heavy atom. The first-order chi connectivity index (χ1) is 6.75. The Bertz CT molecular complexity index is 306. The summed E-state index contributed by atoms with van der Waals surface area (Å²) < 4.78 is 0.867. The fourth-order valence-corrected chi connectivity index (χ4v) is 2.39. The zero-order chi connectivity index (χ0) is 9.97. The van der Waals surface area contributed by atoms with Crippen LogP contribution in [0.25, 0.3) is 0 Å². The molecule has 2 heterocycles. The molecule has 14 heavy (non-hydrogen) atoms. The predicted molar refractivity (Wildman–Crippen MR) is 68.2 cm³/mol. The molecular weight excluding hydrogens is 287 g/mol. The van der Waals surface area contributed by atoms with Gasteiger partial charge in [-0.25, -0.2) is 0 Å². The Morgan fingerprint density at radius 1 is 1.43 bits per heavy atom. The molecule has 0 saturated carbocycles. The number of hydrogen-bond acceptors (Lipinski definition) is 2. The summed E-state index contributed by atoms with van der Waals surface area (Å²) in [5.74, 6) is 0. The van der Waals surface area contributed by atoms with Gasteiger partial charge in [-0.2, -0.15) is 0 Å². The van der Waals surface area contributed by atoms with Crippen molar-refractivity contribution in [2.45, 2.75) is 23.7 Å². The van der Waals surface area contributed by atoms with Crippen molar-refractivity contribution in [1.29, 1.82) is 0 Å². The molecule has 0 spiro atoms. The van der Waals surface area contributed by atoms with Crippen LogP contribution in [0.1, 0.15) is 18.5 Å². The number of pyridine rings is 1. The molecule has 0 aromatic carbocycles. The molecule has 0 atom stereocenters. The Hall–Kier alpha value is -0.320. The quantitative estimate of drug-likeness (QED) is 0.586. The first kappa shape index (κ1) is 10.2. The average Bonchev–Trinajstić information content (AvgIpc) is 2.19. The van der Waals surface area contributed by atoms with Gasteiger partial charge in [-0.3, -0.25) is 4.98 Å². The molecule has 1 saturated heterocycles. The summed E-state index contributed by atoms with van der Waals surface area (Å²) in [5, 5.41) is 0. The third kappa shape index (κ3) is 2.38. The van der Waals surface area contributed by atoms with E-state index in [0.29, 0.717) is 0 Å². The molecular formula is C11H15IN2. The molecule has 1 fully saturated rings. The third-order valence-corrected chi connectivity index (χ3v) is 3.92. The summed E-state index contributed by atoms with van der Waals surface area (Å²) in [6.07, 6.45) is 4.52. The van der Waals surface area contributed by atoms with Gasteiger partial charge in [0.2, 0.25) is 0 Å². The lowest BCUT2D eigenvalue weighted by atomic mass is 10.1. The number of aryl methyl sites for hydroxylation is 1. The zero-order valence-electron chi connectivity index (χ0n) is 8.41. The maximum Gasteiger partial charge on any atom is 0.0399 e. The molecule has 0 radical (unpaired) electrons. The fraction of sp³-hybridized carbons (Fsp3) is 0.545. The number of halogens is 1. The van der Waals surface area contributed by atoms with Crippen molar-refractivity contribution in [1.82, 2.24) is 4.98 Å². The summed E-state index contributed by atoms with van der Waals surface area (Å²) in [6, 6.07) is 4.29. The van der Waals surface area contributed by atoms with Crippen LogP contribution in [0.4, 0.5) is 5.69 Å². The van der Waals surface area contributed by atoms with E-state index in [1.165, 1.54) is 31.6 Å². The Kier molecular flexibility index (Phi) is 3.26. The lowest BCUT2D eigenvalue weighted by Gasteiger charge is -2.31. The SMILES string of the molecule is Cc1cc(N2CCC(I)CC2)ccn1. The third-order valence-electron chi connectivity index (χ3n) is 2.67. The van der Waals surface area contributed by atoms with Crippen LogP contribution in [0.5, 0.6) is 0 Å². The smallest absolute Gasteiger partial charge is 0.0399 e. The zero-order valence-corrected chi connectivity index (χ0v) is 10.6. The minimum atomic E-state index is 0.867. The molecule has 1 aliphatic rings.